The Kier molecular flexibility index (Phi) is 3.49. The predicted molar refractivity (Wildman–Crippen MR) is 58.7 cm³/mol. The van der Waals surface area contributed by atoms with Crippen molar-refractivity contribution in [2.24, 2.45) is 0 Å². The second kappa shape index (κ2) is 4.43. The SMILES string of the molecule is C=C/C(C)=C\C1=C(C)CC(NC)C1. The van der Waals surface area contributed by atoms with Crippen LogP contribution in [-0.2, 0) is 0 Å². The van der Waals surface area contributed by atoms with Gasteiger partial charge in [-0.1, -0.05) is 29.9 Å². The van der Waals surface area contributed by atoms with Crippen LogP contribution in [-0.4, -0.2) is 13.1 Å². The van der Waals surface area contributed by atoms with E-state index in [9.17, 15) is 0 Å². The first-order valence-corrected chi connectivity index (χ1v) is 4.84. The summed E-state index contributed by atoms with van der Waals surface area (Å²) in [5, 5.41) is 3.32. The Bertz CT molecular complexity index is 258. The van der Waals surface area contributed by atoms with E-state index < -0.39 is 0 Å². The predicted octanol–water partition coefficient (Wildman–Crippen LogP) is 2.82. The van der Waals surface area contributed by atoms with Gasteiger partial charge in [-0.05, 0) is 39.3 Å². The summed E-state index contributed by atoms with van der Waals surface area (Å²) in [6, 6.07) is 0.642. The van der Waals surface area contributed by atoms with Crippen LogP contribution in [0.3, 0.4) is 0 Å². The summed E-state index contributed by atoms with van der Waals surface area (Å²) in [6.07, 6.45) is 6.51. The second-order valence-corrected chi connectivity index (χ2v) is 3.79. The molecule has 0 aromatic carbocycles. The maximum Gasteiger partial charge on any atom is 0.0142 e. The molecule has 0 radical (unpaired) electrons. The monoisotopic (exact) mass is 177 g/mol. The first-order valence-electron chi connectivity index (χ1n) is 4.84. The van der Waals surface area contributed by atoms with Crippen LogP contribution < -0.4 is 5.32 Å². The quantitative estimate of drug-likeness (QED) is 0.654. The summed E-state index contributed by atoms with van der Waals surface area (Å²) in [7, 11) is 2.03. The summed E-state index contributed by atoms with van der Waals surface area (Å²) in [6.45, 7) is 8.08. The summed E-state index contributed by atoms with van der Waals surface area (Å²) in [5.41, 5.74) is 4.25. The standard InChI is InChI=1S/C12H19N/c1-5-9(2)6-11-8-12(13-4)7-10(11)3/h5-6,12-13H,1,7-8H2,2-4H3/b9-6-. The third-order valence-corrected chi connectivity index (χ3v) is 2.70. The van der Waals surface area contributed by atoms with E-state index in [2.05, 4.69) is 31.8 Å². The lowest BCUT2D eigenvalue weighted by molar-refractivity contribution is 0.590. The summed E-state index contributed by atoms with van der Waals surface area (Å²) < 4.78 is 0. The van der Waals surface area contributed by atoms with Gasteiger partial charge in [0.1, 0.15) is 0 Å². The van der Waals surface area contributed by atoms with Crippen molar-refractivity contribution in [3.05, 3.63) is 35.5 Å². The number of hydrogen-bond acceptors (Lipinski definition) is 1. The van der Waals surface area contributed by atoms with E-state index in [-0.39, 0.29) is 0 Å². The zero-order chi connectivity index (χ0) is 9.84. The summed E-state index contributed by atoms with van der Waals surface area (Å²) in [4.78, 5) is 0. The highest BCUT2D eigenvalue weighted by Crippen LogP contribution is 2.27. The van der Waals surface area contributed by atoms with Gasteiger partial charge in [-0.3, -0.25) is 0 Å². The van der Waals surface area contributed by atoms with E-state index in [1.54, 1.807) is 0 Å². The largest absolute Gasteiger partial charge is 0.316 e. The molecule has 1 aliphatic carbocycles. The van der Waals surface area contributed by atoms with Gasteiger partial charge >= 0.3 is 0 Å². The molecule has 0 heterocycles. The Morgan fingerprint density at radius 3 is 2.69 bits per heavy atom. The number of rotatable bonds is 3. The number of allylic oxidation sites excluding steroid dienone is 3. The van der Waals surface area contributed by atoms with Crippen molar-refractivity contribution in [2.45, 2.75) is 32.7 Å². The molecule has 0 bridgehead atoms. The Labute approximate surface area is 81.2 Å². The van der Waals surface area contributed by atoms with E-state index >= 15 is 0 Å². The van der Waals surface area contributed by atoms with E-state index in [1.165, 1.54) is 23.1 Å². The van der Waals surface area contributed by atoms with Gasteiger partial charge in [0, 0.05) is 6.04 Å². The van der Waals surface area contributed by atoms with Crippen LogP contribution in [0.1, 0.15) is 26.7 Å². The van der Waals surface area contributed by atoms with Crippen LogP contribution in [0.2, 0.25) is 0 Å². The van der Waals surface area contributed by atoms with Crippen LogP contribution >= 0.6 is 0 Å². The molecule has 0 saturated heterocycles. The van der Waals surface area contributed by atoms with Crippen LogP contribution in [0, 0.1) is 0 Å². The van der Waals surface area contributed by atoms with Crippen molar-refractivity contribution in [3.8, 4) is 0 Å². The molecule has 1 rings (SSSR count). The minimum atomic E-state index is 0.642. The van der Waals surface area contributed by atoms with Crippen molar-refractivity contribution < 1.29 is 0 Å². The van der Waals surface area contributed by atoms with Crippen molar-refractivity contribution in [1.82, 2.24) is 5.32 Å². The van der Waals surface area contributed by atoms with Crippen molar-refractivity contribution in [1.29, 1.82) is 0 Å². The van der Waals surface area contributed by atoms with E-state index in [0.29, 0.717) is 6.04 Å². The Hall–Kier alpha value is -0.820. The summed E-state index contributed by atoms with van der Waals surface area (Å²) in [5.74, 6) is 0. The molecule has 72 valence electrons. The fourth-order valence-electron chi connectivity index (χ4n) is 1.73. The molecule has 13 heavy (non-hydrogen) atoms. The first-order chi connectivity index (χ1) is 6.17. The highest BCUT2D eigenvalue weighted by atomic mass is 14.9. The highest BCUT2D eigenvalue weighted by Gasteiger charge is 2.18. The molecule has 0 aromatic heterocycles. The molecule has 0 amide bonds. The lowest BCUT2D eigenvalue weighted by Crippen LogP contribution is -2.21. The Morgan fingerprint density at radius 1 is 1.54 bits per heavy atom. The maximum absolute atomic E-state index is 3.76. The topological polar surface area (TPSA) is 12.0 Å². The van der Waals surface area contributed by atoms with Gasteiger partial charge in [-0.2, -0.15) is 0 Å². The van der Waals surface area contributed by atoms with Crippen LogP contribution in [0.5, 0.6) is 0 Å². The minimum Gasteiger partial charge on any atom is -0.316 e. The van der Waals surface area contributed by atoms with E-state index in [4.69, 9.17) is 0 Å². The van der Waals surface area contributed by atoms with Crippen molar-refractivity contribution in [2.75, 3.05) is 7.05 Å². The van der Waals surface area contributed by atoms with E-state index in [1.807, 2.05) is 13.1 Å². The number of hydrogen-bond donors (Lipinski definition) is 1. The molecule has 1 nitrogen and oxygen atoms in total. The third-order valence-electron chi connectivity index (χ3n) is 2.70. The zero-order valence-corrected chi connectivity index (χ0v) is 8.85. The first kappa shape index (κ1) is 10.3. The van der Waals surface area contributed by atoms with Crippen LogP contribution in [0.4, 0.5) is 0 Å². The average molecular weight is 177 g/mol. The second-order valence-electron chi connectivity index (χ2n) is 3.79. The Balaban J connectivity index is 2.71. The molecule has 0 aromatic rings. The fraction of sp³-hybridized carbons (Fsp3) is 0.500. The lowest BCUT2D eigenvalue weighted by Gasteiger charge is -2.06. The fourth-order valence-corrected chi connectivity index (χ4v) is 1.73. The summed E-state index contributed by atoms with van der Waals surface area (Å²) >= 11 is 0. The van der Waals surface area contributed by atoms with Gasteiger partial charge in [0.25, 0.3) is 0 Å². The van der Waals surface area contributed by atoms with Gasteiger partial charge < -0.3 is 5.32 Å². The number of nitrogens with one attached hydrogen (secondary N) is 1. The smallest absolute Gasteiger partial charge is 0.0142 e. The lowest BCUT2D eigenvalue weighted by atomic mass is 10.1. The molecule has 1 N–H and O–H groups in total. The van der Waals surface area contributed by atoms with Crippen LogP contribution in [0.15, 0.2) is 35.5 Å². The normalized spacial score (nSPS) is 23.9. The maximum atomic E-state index is 3.76. The Morgan fingerprint density at radius 2 is 2.23 bits per heavy atom. The molecular formula is C12H19N. The molecule has 0 spiro atoms. The van der Waals surface area contributed by atoms with Gasteiger partial charge in [-0.15, -0.1) is 0 Å². The van der Waals surface area contributed by atoms with Gasteiger partial charge in [0.15, 0.2) is 0 Å². The van der Waals surface area contributed by atoms with Gasteiger partial charge in [0.2, 0.25) is 0 Å². The molecule has 0 saturated carbocycles. The average Bonchev–Trinajstić information content (AvgIpc) is 2.47. The van der Waals surface area contributed by atoms with Gasteiger partial charge in [-0.25, -0.2) is 0 Å². The van der Waals surface area contributed by atoms with Gasteiger partial charge in [0.05, 0.1) is 0 Å². The molecular weight excluding hydrogens is 158 g/mol. The van der Waals surface area contributed by atoms with Crippen molar-refractivity contribution in [3.63, 3.8) is 0 Å². The minimum absolute atomic E-state index is 0.642. The molecule has 1 heteroatoms. The molecule has 1 unspecified atom stereocenters. The zero-order valence-electron chi connectivity index (χ0n) is 8.85. The van der Waals surface area contributed by atoms with E-state index in [0.717, 1.165) is 6.42 Å². The molecule has 0 fully saturated rings. The molecule has 1 aliphatic rings. The molecule has 0 aliphatic heterocycles. The van der Waals surface area contributed by atoms with Crippen molar-refractivity contribution >= 4 is 0 Å². The molecule has 1 atom stereocenters. The third kappa shape index (κ3) is 2.56. The van der Waals surface area contributed by atoms with Crippen LogP contribution in [0.25, 0.3) is 0 Å². The highest BCUT2D eigenvalue weighted by molar-refractivity contribution is 5.35.